The van der Waals surface area contributed by atoms with E-state index in [1.54, 1.807) is 0 Å². The highest BCUT2D eigenvalue weighted by Gasteiger charge is 2.38. The average Bonchev–Trinajstić information content (AvgIpc) is 2.71. The molecule has 1 heteroatoms. The van der Waals surface area contributed by atoms with Crippen LogP contribution in [0.4, 0.5) is 0 Å². The summed E-state index contributed by atoms with van der Waals surface area (Å²) in [5.41, 5.74) is 3.56. The Balaban J connectivity index is 0.00000171. The predicted molar refractivity (Wildman–Crippen MR) is 126 cm³/mol. The third kappa shape index (κ3) is 7.80. The van der Waals surface area contributed by atoms with E-state index in [0.717, 1.165) is 13.5 Å². The van der Waals surface area contributed by atoms with Gasteiger partial charge in [0, 0.05) is 7.11 Å². The van der Waals surface area contributed by atoms with Crippen LogP contribution < -0.4 is 0 Å². The molecule has 0 aliphatic heterocycles. The van der Waals surface area contributed by atoms with Gasteiger partial charge in [-0.25, -0.2) is 0 Å². The van der Waals surface area contributed by atoms with Gasteiger partial charge in [-0.2, -0.15) is 0 Å². The van der Waals surface area contributed by atoms with E-state index < -0.39 is 0 Å². The summed E-state index contributed by atoms with van der Waals surface area (Å²) < 4.78 is 0. The van der Waals surface area contributed by atoms with Crippen molar-refractivity contribution in [3.8, 4) is 0 Å². The Morgan fingerprint density at radius 1 is 0.643 bits per heavy atom. The van der Waals surface area contributed by atoms with E-state index in [-0.39, 0.29) is 10.8 Å². The van der Waals surface area contributed by atoms with Crippen LogP contribution in [0.3, 0.4) is 0 Å². The summed E-state index contributed by atoms with van der Waals surface area (Å²) in [5.74, 6) is 0. The highest BCUT2D eigenvalue weighted by atomic mass is 16.2. The van der Waals surface area contributed by atoms with E-state index in [9.17, 15) is 0 Å². The molecule has 1 nitrogen and oxygen atoms in total. The van der Waals surface area contributed by atoms with Crippen molar-refractivity contribution in [1.29, 1.82) is 0 Å². The monoisotopic (exact) mass is 384 g/mol. The molecule has 0 bridgehead atoms. The van der Waals surface area contributed by atoms with E-state index in [4.69, 9.17) is 5.11 Å². The molecule has 0 fully saturated rings. The SMILES string of the molecule is CC.CCC(C)(C)CC(C)(CC(C)(C)c1ccccc1)c1ccccc1.CO. The minimum Gasteiger partial charge on any atom is -0.400 e. The molecule has 158 valence electrons. The van der Waals surface area contributed by atoms with Gasteiger partial charge in [-0.1, -0.05) is 122 Å². The minimum absolute atomic E-state index is 0.148. The van der Waals surface area contributed by atoms with Crippen molar-refractivity contribution in [2.75, 3.05) is 7.11 Å². The van der Waals surface area contributed by atoms with Crippen LogP contribution >= 0.6 is 0 Å². The molecule has 0 spiro atoms. The predicted octanol–water partition coefficient (Wildman–Crippen LogP) is 7.77. The summed E-state index contributed by atoms with van der Waals surface area (Å²) in [5, 5.41) is 7.00. The summed E-state index contributed by atoms with van der Waals surface area (Å²) in [6.07, 6.45) is 3.56. The highest BCUT2D eigenvalue weighted by molar-refractivity contribution is 5.30. The maximum Gasteiger partial charge on any atom is 0.0319 e. The summed E-state index contributed by atoms with van der Waals surface area (Å²) in [6, 6.07) is 22.1. The third-order valence-electron chi connectivity index (χ3n) is 5.68. The van der Waals surface area contributed by atoms with E-state index in [1.165, 1.54) is 24.0 Å². The molecule has 2 aromatic carbocycles. The zero-order valence-electron chi connectivity index (χ0n) is 19.8. The first-order valence-corrected chi connectivity index (χ1v) is 10.7. The summed E-state index contributed by atoms with van der Waals surface area (Å²) >= 11 is 0. The lowest BCUT2D eigenvalue weighted by Crippen LogP contribution is -2.36. The number of aliphatic hydroxyl groups excluding tert-OH is 1. The summed E-state index contributed by atoms with van der Waals surface area (Å²) in [4.78, 5) is 0. The zero-order valence-corrected chi connectivity index (χ0v) is 19.8. The maximum absolute atomic E-state index is 7.00. The molecule has 0 amide bonds. The Morgan fingerprint density at radius 3 is 1.43 bits per heavy atom. The van der Waals surface area contributed by atoms with E-state index >= 15 is 0 Å². The van der Waals surface area contributed by atoms with Crippen molar-refractivity contribution < 1.29 is 5.11 Å². The molecule has 1 N–H and O–H groups in total. The molecule has 0 saturated heterocycles. The van der Waals surface area contributed by atoms with Crippen LogP contribution in [0.25, 0.3) is 0 Å². The molecule has 28 heavy (non-hydrogen) atoms. The normalized spacial score (nSPS) is 13.4. The van der Waals surface area contributed by atoms with E-state index in [0.29, 0.717) is 5.41 Å². The van der Waals surface area contributed by atoms with Crippen molar-refractivity contribution in [1.82, 2.24) is 0 Å². The fraction of sp³-hybridized carbons (Fsp3) is 0.556. The van der Waals surface area contributed by atoms with Gasteiger partial charge in [0.25, 0.3) is 0 Å². The van der Waals surface area contributed by atoms with Crippen molar-refractivity contribution in [3.63, 3.8) is 0 Å². The Kier molecular flexibility index (Phi) is 11.4. The fourth-order valence-corrected chi connectivity index (χ4v) is 4.26. The zero-order chi connectivity index (χ0) is 21.8. The number of hydrogen-bond donors (Lipinski definition) is 1. The molecule has 0 heterocycles. The molecule has 0 aromatic heterocycles. The van der Waals surface area contributed by atoms with Crippen LogP contribution in [0.5, 0.6) is 0 Å². The van der Waals surface area contributed by atoms with Crippen molar-refractivity contribution in [2.45, 2.75) is 85.5 Å². The summed E-state index contributed by atoms with van der Waals surface area (Å²) in [7, 11) is 1.00. The molecule has 0 aliphatic carbocycles. The maximum atomic E-state index is 7.00. The molecule has 0 radical (unpaired) electrons. The lowest BCUT2D eigenvalue weighted by molar-refractivity contribution is 0.199. The largest absolute Gasteiger partial charge is 0.400 e. The number of rotatable bonds is 7. The van der Waals surface area contributed by atoms with Gasteiger partial charge in [0.2, 0.25) is 0 Å². The minimum atomic E-state index is 0.148. The first-order valence-electron chi connectivity index (χ1n) is 10.7. The molecule has 1 unspecified atom stereocenters. The second-order valence-electron chi connectivity index (χ2n) is 9.05. The Bertz CT molecular complexity index is 628. The second kappa shape index (κ2) is 12.1. The lowest BCUT2D eigenvalue weighted by Gasteiger charge is -2.43. The molecule has 1 atom stereocenters. The van der Waals surface area contributed by atoms with Gasteiger partial charge in [0.1, 0.15) is 0 Å². The number of benzene rings is 2. The van der Waals surface area contributed by atoms with Gasteiger partial charge >= 0.3 is 0 Å². The van der Waals surface area contributed by atoms with E-state index in [1.807, 2.05) is 13.8 Å². The lowest BCUT2D eigenvalue weighted by atomic mass is 9.61. The fourth-order valence-electron chi connectivity index (χ4n) is 4.26. The first kappa shape index (κ1) is 26.4. The van der Waals surface area contributed by atoms with Gasteiger partial charge < -0.3 is 5.11 Å². The molecular weight excluding hydrogens is 340 g/mol. The van der Waals surface area contributed by atoms with Gasteiger partial charge in [0.05, 0.1) is 0 Å². The standard InChI is InChI=1S/C24H34.C2H6.CH4O/c1-7-22(2,3)18-24(6,21-16-12-9-13-17-21)19-23(4,5)20-14-10-8-11-15-20;2*1-2/h8-17H,7,18-19H2,1-6H3;1-2H3;2H,1H3. The molecule has 2 aromatic rings. The molecular formula is C27H44O. The second-order valence-corrected chi connectivity index (χ2v) is 9.05. The smallest absolute Gasteiger partial charge is 0.0319 e. The highest BCUT2D eigenvalue weighted by Crippen LogP contribution is 2.46. The first-order chi connectivity index (χ1) is 13.2. The Morgan fingerprint density at radius 2 is 1.04 bits per heavy atom. The Labute approximate surface area is 175 Å². The van der Waals surface area contributed by atoms with Gasteiger partial charge in [0.15, 0.2) is 0 Å². The van der Waals surface area contributed by atoms with Crippen molar-refractivity contribution >= 4 is 0 Å². The van der Waals surface area contributed by atoms with Gasteiger partial charge in [-0.3, -0.25) is 0 Å². The van der Waals surface area contributed by atoms with Gasteiger partial charge in [-0.05, 0) is 40.2 Å². The van der Waals surface area contributed by atoms with Crippen LogP contribution in [-0.4, -0.2) is 12.2 Å². The molecule has 0 aliphatic rings. The van der Waals surface area contributed by atoms with Crippen LogP contribution in [-0.2, 0) is 10.8 Å². The average molecular weight is 385 g/mol. The topological polar surface area (TPSA) is 20.2 Å². The summed E-state index contributed by atoms with van der Waals surface area (Å²) in [6.45, 7) is 18.4. The number of hydrogen-bond acceptors (Lipinski definition) is 1. The number of aliphatic hydroxyl groups is 1. The van der Waals surface area contributed by atoms with Crippen LogP contribution in [0.2, 0.25) is 0 Å². The van der Waals surface area contributed by atoms with Crippen LogP contribution in [0, 0.1) is 5.41 Å². The molecule has 0 saturated carbocycles. The van der Waals surface area contributed by atoms with Crippen LogP contribution in [0.1, 0.15) is 85.8 Å². The van der Waals surface area contributed by atoms with Crippen LogP contribution in [0.15, 0.2) is 60.7 Å². The quantitative estimate of drug-likeness (QED) is 0.517. The third-order valence-corrected chi connectivity index (χ3v) is 5.68. The Hall–Kier alpha value is -1.60. The van der Waals surface area contributed by atoms with Crippen molar-refractivity contribution in [3.05, 3.63) is 71.8 Å². The van der Waals surface area contributed by atoms with E-state index in [2.05, 4.69) is 102 Å². The van der Waals surface area contributed by atoms with Gasteiger partial charge in [-0.15, -0.1) is 0 Å². The van der Waals surface area contributed by atoms with Crippen molar-refractivity contribution in [2.24, 2.45) is 5.41 Å². The molecule has 2 rings (SSSR count).